The Morgan fingerprint density at radius 1 is 1.47 bits per heavy atom. The molecule has 0 aliphatic carbocycles. The van der Waals surface area contributed by atoms with Gasteiger partial charge >= 0.3 is 0 Å². The summed E-state index contributed by atoms with van der Waals surface area (Å²) in [6.45, 7) is 7.18. The fourth-order valence-corrected chi connectivity index (χ4v) is 2.58. The molecule has 0 spiro atoms. The van der Waals surface area contributed by atoms with E-state index in [4.69, 9.17) is 11.2 Å². The minimum absolute atomic E-state index is 0.0899. The van der Waals surface area contributed by atoms with Crippen molar-refractivity contribution in [3.8, 4) is 18.1 Å². The molecule has 1 aromatic carbocycles. The second-order valence-corrected chi connectivity index (χ2v) is 5.83. The molecule has 1 aliphatic rings. The van der Waals surface area contributed by atoms with Gasteiger partial charge in [-0.25, -0.2) is 0 Å². The van der Waals surface area contributed by atoms with Crippen LogP contribution in [0.3, 0.4) is 0 Å². The molecule has 1 atom stereocenters. The molecule has 102 valence electrons. The lowest BCUT2D eigenvalue weighted by atomic mass is 10.0. The molecular formula is C17H23NO. The number of benzene rings is 1. The molecule has 19 heavy (non-hydrogen) atoms. The lowest BCUT2D eigenvalue weighted by molar-refractivity contribution is 0.137. The standard InChI is InChI=1S/C17H23NO/c1-5-8-15(6-2)18-12-14-10-7-9-13-11-17(3,4)19-16(13)14/h2,7,9-10,15,18H,5,8,11-12H2,1,3-4H3. The molecule has 0 bridgehead atoms. The monoisotopic (exact) mass is 257 g/mol. The first-order valence-corrected chi connectivity index (χ1v) is 7.05. The molecule has 0 radical (unpaired) electrons. The zero-order valence-electron chi connectivity index (χ0n) is 12.1. The summed E-state index contributed by atoms with van der Waals surface area (Å²) < 4.78 is 6.06. The first kappa shape index (κ1) is 14.0. The summed E-state index contributed by atoms with van der Waals surface area (Å²) >= 11 is 0. The summed E-state index contributed by atoms with van der Waals surface area (Å²) in [5.74, 6) is 3.85. The van der Waals surface area contributed by atoms with Crippen molar-refractivity contribution in [1.29, 1.82) is 0 Å². The smallest absolute Gasteiger partial charge is 0.127 e. The molecule has 0 aromatic heterocycles. The zero-order valence-corrected chi connectivity index (χ0v) is 12.1. The zero-order chi connectivity index (χ0) is 13.9. The van der Waals surface area contributed by atoms with Crippen molar-refractivity contribution in [2.24, 2.45) is 0 Å². The van der Waals surface area contributed by atoms with Gasteiger partial charge in [0, 0.05) is 18.5 Å². The maximum absolute atomic E-state index is 6.06. The average Bonchev–Trinajstić information content (AvgIpc) is 2.68. The summed E-state index contributed by atoms with van der Waals surface area (Å²) in [5.41, 5.74) is 2.42. The fourth-order valence-electron chi connectivity index (χ4n) is 2.58. The Labute approximate surface area is 116 Å². The van der Waals surface area contributed by atoms with E-state index >= 15 is 0 Å². The maximum atomic E-state index is 6.06. The van der Waals surface area contributed by atoms with Crippen molar-refractivity contribution in [2.75, 3.05) is 0 Å². The van der Waals surface area contributed by atoms with Gasteiger partial charge in [0.15, 0.2) is 0 Å². The van der Waals surface area contributed by atoms with Crippen molar-refractivity contribution >= 4 is 0 Å². The van der Waals surface area contributed by atoms with Crippen LogP contribution < -0.4 is 10.1 Å². The van der Waals surface area contributed by atoms with E-state index in [1.165, 1.54) is 11.1 Å². The molecule has 1 aliphatic heterocycles. The van der Waals surface area contributed by atoms with Gasteiger partial charge in [0.1, 0.15) is 11.4 Å². The third kappa shape index (κ3) is 3.30. The van der Waals surface area contributed by atoms with Crippen LogP contribution in [0, 0.1) is 12.3 Å². The van der Waals surface area contributed by atoms with Crippen molar-refractivity contribution in [3.63, 3.8) is 0 Å². The van der Waals surface area contributed by atoms with Gasteiger partial charge in [-0.05, 0) is 25.8 Å². The Kier molecular flexibility index (Phi) is 4.17. The number of nitrogens with one attached hydrogen (secondary N) is 1. The average molecular weight is 257 g/mol. The van der Waals surface area contributed by atoms with Crippen LogP contribution in [0.1, 0.15) is 44.7 Å². The summed E-state index contributed by atoms with van der Waals surface area (Å²) in [6.07, 6.45) is 8.62. The second kappa shape index (κ2) is 5.67. The molecule has 0 saturated heterocycles. The molecule has 1 heterocycles. The second-order valence-electron chi connectivity index (χ2n) is 5.83. The number of terminal acetylenes is 1. The summed E-state index contributed by atoms with van der Waals surface area (Å²) in [6, 6.07) is 6.52. The number of fused-ring (bicyclic) bond motifs is 1. The summed E-state index contributed by atoms with van der Waals surface area (Å²) in [5, 5.41) is 3.43. The topological polar surface area (TPSA) is 21.3 Å². The van der Waals surface area contributed by atoms with Crippen LogP contribution >= 0.6 is 0 Å². The molecule has 1 N–H and O–H groups in total. The maximum Gasteiger partial charge on any atom is 0.127 e. The Morgan fingerprint density at radius 2 is 2.26 bits per heavy atom. The third-order valence-electron chi connectivity index (χ3n) is 3.49. The Morgan fingerprint density at radius 3 is 2.95 bits per heavy atom. The first-order chi connectivity index (χ1) is 9.05. The molecule has 2 nitrogen and oxygen atoms in total. The number of hydrogen-bond acceptors (Lipinski definition) is 2. The summed E-state index contributed by atoms with van der Waals surface area (Å²) in [4.78, 5) is 0. The highest BCUT2D eigenvalue weighted by Gasteiger charge is 2.31. The predicted molar refractivity (Wildman–Crippen MR) is 79.2 cm³/mol. The van der Waals surface area contributed by atoms with E-state index in [2.05, 4.69) is 50.2 Å². The van der Waals surface area contributed by atoms with Crippen LogP contribution in [-0.4, -0.2) is 11.6 Å². The highest BCUT2D eigenvalue weighted by atomic mass is 16.5. The van der Waals surface area contributed by atoms with Gasteiger partial charge in [-0.15, -0.1) is 6.42 Å². The van der Waals surface area contributed by atoms with E-state index in [0.717, 1.165) is 31.6 Å². The van der Waals surface area contributed by atoms with Crippen molar-refractivity contribution in [2.45, 2.75) is 58.2 Å². The van der Waals surface area contributed by atoms with Crippen LogP contribution in [0.25, 0.3) is 0 Å². The molecule has 0 saturated carbocycles. The molecule has 0 amide bonds. The quantitative estimate of drug-likeness (QED) is 0.817. The van der Waals surface area contributed by atoms with Gasteiger partial charge in [-0.3, -0.25) is 5.32 Å². The van der Waals surface area contributed by atoms with Crippen LogP contribution in [0.5, 0.6) is 5.75 Å². The van der Waals surface area contributed by atoms with Gasteiger partial charge in [0.05, 0.1) is 6.04 Å². The first-order valence-electron chi connectivity index (χ1n) is 7.05. The lowest BCUT2D eigenvalue weighted by Gasteiger charge is -2.19. The van der Waals surface area contributed by atoms with E-state index in [1.54, 1.807) is 0 Å². The van der Waals surface area contributed by atoms with E-state index in [1.807, 2.05) is 0 Å². The van der Waals surface area contributed by atoms with Gasteiger partial charge in [0.25, 0.3) is 0 Å². The molecule has 2 heteroatoms. The van der Waals surface area contributed by atoms with Gasteiger partial charge in [0.2, 0.25) is 0 Å². The van der Waals surface area contributed by atoms with E-state index in [-0.39, 0.29) is 11.6 Å². The van der Waals surface area contributed by atoms with E-state index in [9.17, 15) is 0 Å². The van der Waals surface area contributed by atoms with Gasteiger partial charge < -0.3 is 4.74 Å². The Balaban J connectivity index is 2.07. The van der Waals surface area contributed by atoms with Crippen molar-refractivity contribution < 1.29 is 4.74 Å². The lowest BCUT2D eigenvalue weighted by Crippen LogP contribution is -2.27. The minimum atomic E-state index is -0.0899. The molecule has 0 fully saturated rings. The highest BCUT2D eigenvalue weighted by molar-refractivity contribution is 5.45. The number of rotatable bonds is 5. The predicted octanol–water partition coefficient (Wildman–Crippen LogP) is 3.29. The molecule has 1 unspecified atom stereocenters. The number of hydrogen-bond donors (Lipinski definition) is 1. The normalized spacial score (nSPS) is 17.4. The van der Waals surface area contributed by atoms with E-state index in [0.29, 0.717) is 0 Å². The van der Waals surface area contributed by atoms with Crippen LogP contribution in [0.4, 0.5) is 0 Å². The number of ether oxygens (including phenoxy) is 1. The van der Waals surface area contributed by atoms with Gasteiger partial charge in [-0.2, -0.15) is 0 Å². The van der Waals surface area contributed by atoms with Crippen LogP contribution in [-0.2, 0) is 13.0 Å². The highest BCUT2D eigenvalue weighted by Crippen LogP contribution is 2.37. The Hall–Kier alpha value is -1.46. The molecular weight excluding hydrogens is 234 g/mol. The molecule has 2 rings (SSSR count). The van der Waals surface area contributed by atoms with Crippen molar-refractivity contribution in [3.05, 3.63) is 29.3 Å². The van der Waals surface area contributed by atoms with E-state index < -0.39 is 0 Å². The largest absolute Gasteiger partial charge is 0.487 e. The minimum Gasteiger partial charge on any atom is -0.487 e. The number of para-hydroxylation sites is 1. The fraction of sp³-hybridized carbons (Fsp3) is 0.529. The van der Waals surface area contributed by atoms with Gasteiger partial charge in [-0.1, -0.05) is 37.5 Å². The van der Waals surface area contributed by atoms with Crippen LogP contribution in [0.15, 0.2) is 18.2 Å². The van der Waals surface area contributed by atoms with Crippen LogP contribution in [0.2, 0.25) is 0 Å². The Bertz CT molecular complexity index is 485. The molecule has 1 aromatic rings. The summed E-state index contributed by atoms with van der Waals surface area (Å²) in [7, 11) is 0. The van der Waals surface area contributed by atoms with Crippen molar-refractivity contribution in [1.82, 2.24) is 5.32 Å². The SMILES string of the molecule is C#CC(CCC)NCc1cccc2c1OC(C)(C)C2. The third-order valence-corrected chi connectivity index (χ3v) is 3.49.